The molecule has 142 valence electrons. The lowest BCUT2D eigenvalue weighted by atomic mass is 10.0. The van der Waals surface area contributed by atoms with E-state index in [9.17, 15) is 18.0 Å². The lowest BCUT2D eigenvalue weighted by molar-refractivity contribution is -0.291. The zero-order valence-electron chi connectivity index (χ0n) is 14.3. The second-order valence-corrected chi connectivity index (χ2v) is 5.50. The number of benzene rings is 1. The number of ether oxygens (including phenoxy) is 1. The van der Waals surface area contributed by atoms with Crippen LogP contribution in [0, 0.1) is 0 Å². The van der Waals surface area contributed by atoms with Crippen LogP contribution in [0.5, 0.6) is 0 Å². The van der Waals surface area contributed by atoms with Gasteiger partial charge in [-0.15, -0.1) is 13.2 Å². The maximum Gasteiger partial charge on any atom is 0.576 e. The number of aliphatic hydroxyl groups excluding tert-OH is 1. The highest BCUT2D eigenvalue weighted by Gasteiger charge is 2.34. The molecule has 0 saturated carbocycles. The second kappa shape index (κ2) is 11.1. The summed E-state index contributed by atoms with van der Waals surface area (Å²) in [6, 6.07) is 8.00. The largest absolute Gasteiger partial charge is 0.576 e. The third kappa shape index (κ3) is 10.4. The Labute approximate surface area is 150 Å². The average Bonchev–Trinajstić information content (AvgIpc) is 2.55. The Morgan fingerprint density at radius 3 is 2.23 bits per heavy atom. The summed E-state index contributed by atoms with van der Waals surface area (Å²) in [5.74, 6) is 0. The van der Waals surface area contributed by atoms with Crippen LogP contribution in [0.4, 0.5) is 18.0 Å². The van der Waals surface area contributed by atoms with Gasteiger partial charge in [0.1, 0.15) is 0 Å². The molecule has 0 fully saturated rings. The molecule has 0 aromatic heterocycles. The van der Waals surface area contributed by atoms with Gasteiger partial charge in [-0.05, 0) is 25.3 Å². The fourth-order valence-corrected chi connectivity index (χ4v) is 2.02. The quantitative estimate of drug-likeness (QED) is 0.647. The number of hydrogen-bond donors (Lipinski definition) is 2. The molecule has 0 radical (unpaired) electrons. The Kier molecular flexibility index (Phi) is 9.22. The van der Waals surface area contributed by atoms with Crippen molar-refractivity contribution in [3.05, 3.63) is 72.4 Å². The van der Waals surface area contributed by atoms with E-state index < -0.39 is 24.6 Å². The third-order valence-corrected chi connectivity index (χ3v) is 3.16. The van der Waals surface area contributed by atoms with Gasteiger partial charge < -0.3 is 15.2 Å². The summed E-state index contributed by atoms with van der Waals surface area (Å²) in [7, 11) is 0. The van der Waals surface area contributed by atoms with Crippen LogP contribution in [0.25, 0.3) is 0 Å². The molecule has 1 aromatic carbocycles. The maximum absolute atomic E-state index is 12.1. The molecule has 0 saturated heterocycles. The molecule has 0 aliphatic carbocycles. The van der Waals surface area contributed by atoms with Crippen LogP contribution < -0.4 is 5.32 Å². The summed E-state index contributed by atoms with van der Waals surface area (Å²) in [5, 5.41) is 11.3. The van der Waals surface area contributed by atoms with Crippen molar-refractivity contribution in [1.29, 1.82) is 0 Å². The van der Waals surface area contributed by atoms with E-state index in [1.165, 1.54) is 0 Å². The lowest BCUT2D eigenvalue weighted by Crippen LogP contribution is -2.33. The number of alkyl halides is 3. The molecule has 0 aliphatic rings. The van der Waals surface area contributed by atoms with E-state index in [0.717, 1.165) is 0 Å². The van der Waals surface area contributed by atoms with Crippen molar-refractivity contribution in [3.63, 3.8) is 0 Å². The highest BCUT2D eigenvalue weighted by atomic mass is 19.4. The van der Waals surface area contributed by atoms with Crippen molar-refractivity contribution in [2.24, 2.45) is 0 Å². The SMILES string of the molecule is CC(O)C/C=C/C=C/C=C\C[C@@H](NC(=O)OC(F)(F)F)c1ccccc1. The van der Waals surface area contributed by atoms with Crippen molar-refractivity contribution >= 4 is 6.09 Å². The van der Waals surface area contributed by atoms with Crippen LogP contribution in [0.3, 0.4) is 0 Å². The second-order valence-electron chi connectivity index (χ2n) is 5.50. The Balaban J connectivity index is 2.63. The van der Waals surface area contributed by atoms with Crippen molar-refractivity contribution in [3.8, 4) is 0 Å². The van der Waals surface area contributed by atoms with Crippen molar-refractivity contribution in [2.75, 3.05) is 0 Å². The summed E-state index contributed by atoms with van der Waals surface area (Å²) >= 11 is 0. The maximum atomic E-state index is 12.1. The van der Waals surface area contributed by atoms with Crippen LogP contribution in [0.2, 0.25) is 0 Å². The first kappa shape index (κ1) is 21.5. The van der Waals surface area contributed by atoms with E-state index >= 15 is 0 Å². The summed E-state index contributed by atoms with van der Waals surface area (Å²) < 4.78 is 39.8. The third-order valence-electron chi connectivity index (χ3n) is 3.16. The Morgan fingerprint density at radius 1 is 1.12 bits per heavy atom. The molecule has 1 rings (SSSR count). The van der Waals surface area contributed by atoms with Crippen molar-refractivity contribution in [1.82, 2.24) is 5.32 Å². The van der Waals surface area contributed by atoms with Crippen molar-refractivity contribution in [2.45, 2.75) is 38.3 Å². The number of hydrogen-bond acceptors (Lipinski definition) is 3. The van der Waals surface area contributed by atoms with Crippen LogP contribution in [0.15, 0.2) is 66.8 Å². The molecule has 1 aromatic rings. The molecule has 0 spiro atoms. The molecule has 26 heavy (non-hydrogen) atoms. The van der Waals surface area contributed by atoms with E-state index in [1.807, 2.05) is 6.08 Å². The minimum absolute atomic E-state index is 0.290. The zero-order chi connectivity index (χ0) is 19.4. The first-order valence-corrected chi connectivity index (χ1v) is 8.05. The first-order chi connectivity index (χ1) is 12.3. The highest BCUT2D eigenvalue weighted by Crippen LogP contribution is 2.20. The van der Waals surface area contributed by atoms with Gasteiger partial charge in [-0.1, -0.05) is 66.8 Å². The van der Waals surface area contributed by atoms with Gasteiger partial charge in [-0.2, -0.15) is 0 Å². The molecule has 7 heteroatoms. The predicted molar refractivity (Wildman–Crippen MR) is 93.2 cm³/mol. The average molecular weight is 369 g/mol. The molecule has 2 N–H and O–H groups in total. The monoisotopic (exact) mass is 369 g/mol. The van der Waals surface area contributed by atoms with E-state index in [4.69, 9.17) is 5.11 Å². The van der Waals surface area contributed by atoms with E-state index in [-0.39, 0.29) is 0 Å². The van der Waals surface area contributed by atoms with E-state index in [0.29, 0.717) is 18.4 Å². The number of nitrogens with one attached hydrogen (secondary N) is 1. The molecular formula is C19H22F3NO3. The van der Waals surface area contributed by atoms with Gasteiger partial charge in [0, 0.05) is 0 Å². The summed E-state index contributed by atoms with van der Waals surface area (Å²) in [4.78, 5) is 11.4. The molecule has 1 amide bonds. The fourth-order valence-electron chi connectivity index (χ4n) is 2.02. The number of alkyl carbamates (subject to hydrolysis) is 1. The number of allylic oxidation sites excluding steroid dienone is 4. The van der Waals surface area contributed by atoms with Crippen LogP contribution in [0.1, 0.15) is 31.4 Å². The Bertz CT molecular complexity index is 623. The summed E-state index contributed by atoms with van der Waals surface area (Å²) in [6.07, 6.45) is 4.43. The number of aliphatic hydroxyl groups is 1. The summed E-state index contributed by atoms with van der Waals surface area (Å²) in [5.41, 5.74) is 0.664. The molecule has 0 aliphatic heterocycles. The molecule has 0 bridgehead atoms. The highest BCUT2D eigenvalue weighted by molar-refractivity contribution is 5.68. The van der Waals surface area contributed by atoms with Gasteiger partial charge >= 0.3 is 12.5 Å². The van der Waals surface area contributed by atoms with Crippen LogP contribution in [-0.4, -0.2) is 23.7 Å². The van der Waals surface area contributed by atoms with Crippen LogP contribution >= 0.6 is 0 Å². The number of carbonyl (C=O) groups excluding carboxylic acids is 1. The normalized spacial score (nSPS) is 14.8. The van der Waals surface area contributed by atoms with Gasteiger partial charge in [0.25, 0.3) is 0 Å². The molecule has 2 atom stereocenters. The molecule has 4 nitrogen and oxygen atoms in total. The summed E-state index contributed by atoms with van der Waals surface area (Å²) in [6.45, 7) is 1.69. The topological polar surface area (TPSA) is 58.6 Å². The molecule has 1 unspecified atom stereocenters. The zero-order valence-corrected chi connectivity index (χ0v) is 14.3. The van der Waals surface area contributed by atoms with E-state index in [2.05, 4.69) is 10.1 Å². The minimum atomic E-state index is -5.03. The Morgan fingerprint density at radius 2 is 1.69 bits per heavy atom. The smallest absolute Gasteiger partial charge is 0.393 e. The first-order valence-electron chi connectivity index (χ1n) is 8.05. The number of amides is 1. The van der Waals surface area contributed by atoms with Gasteiger partial charge in [0.15, 0.2) is 0 Å². The van der Waals surface area contributed by atoms with Gasteiger partial charge in [0.2, 0.25) is 0 Å². The van der Waals surface area contributed by atoms with E-state index in [1.54, 1.807) is 67.6 Å². The van der Waals surface area contributed by atoms with Gasteiger partial charge in [-0.3, -0.25) is 0 Å². The number of halogens is 3. The van der Waals surface area contributed by atoms with Crippen LogP contribution in [-0.2, 0) is 4.74 Å². The van der Waals surface area contributed by atoms with Gasteiger partial charge in [-0.25, -0.2) is 4.79 Å². The van der Waals surface area contributed by atoms with Gasteiger partial charge in [0.05, 0.1) is 12.1 Å². The fraction of sp³-hybridized carbons (Fsp3) is 0.316. The minimum Gasteiger partial charge on any atom is -0.393 e. The Hall–Kier alpha value is -2.54. The predicted octanol–water partition coefficient (Wildman–Crippen LogP) is 4.80. The molecular weight excluding hydrogens is 347 g/mol. The standard InChI is InChI=1S/C19H22F3NO3/c1-15(24)11-7-4-2-3-5-10-14-17(16-12-8-6-9-13-16)23-18(25)26-19(20,21)22/h2-10,12-13,15,17,24H,11,14H2,1H3,(H,23,25)/b3-2+,7-4+,10-5-/t15?,17-/m1/s1. The lowest BCUT2D eigenvalue weighted by Gasteiger charge is -2.18. The molecule has 0 heterocycles. The number of rotatable bonds is 8. The van der Waals surface area contributed by atoms with Crippen molar-refractivity contribution < 1.29 is 27.8 Å². The number of carbonyl (C=O) groups is 1.